The summed E-state index contributed by atoms with van der Waals surface area (Å²) in [7, 11) is 0. The smallest absolute Gasteiger partial charge is 0.255 e. The summed E-state index contributed by atoms with van der Waals surface area (Å²) in [5.41, 5.74) is 6.49. The van der Waals surface area contributed by atoms with Crippen molar-refractivity contribution in [3.63, 3.8) is 0 Å². The molecule has 1 amide bonds. The Bertz CT molecular complexity index is 1210. The minimum atomic E-state index is -0.137. The van der Waals surface area contributed by atoms with Gasteiger partial charge in [-0.1, -0.05) is 17.7 Å². The average molecular weight is 412 g/mol. The molecular formula is C24H24N6O. The van der Waals surface area contributed by atoms with Gasteiger partial charge in [-0.15, -0.1) is 10.2 Å². The lowest BCUT2D eigenvalue weighted by Crippen LogP contribution is -2.11. The van der Waals surface area contributed by atoms with E-state index in [1.807, 2.05) is 88.4 Å². The fourth-order valence-corrected chi connectivity index (χ4v) is 3.14. The molecule has 7 heteroatoms. The van der Waals surface area contributed by atoms with Crippen molar-refractivity contribution in [1.82, 2.24) is 20.0 Å². The van der Waals surface area contributed by atoms with Crippen molar-refractivity contribution < 1.29 is 4.79 Å². The summed E-state index contributed by atoms with van der Waals surface area (Å²) in [5, 5.41) is 19.2. The van der Waals surface area contributed by atoms with Crippen molar-refractivity contribution in [3.8, 4) is 5.82 Å². The van der Waals surface area contributed by atoms with Crippen molar-refractivity contribution >= 4 is 23.1 Å². The van der Waals surface area contributed by atoms with E-state index in [2.05, 4.69) is 25.9 Å². The molecule has 0 saturated carbocycles. The number of carbonyl (C=O) groups excluding carboxylic acids is 1. The first-order valence-electron chi connectivity index (χ1n) is 10.0. The Morgan fingerprint density at radius 3 is 2.06 bits per heavy atom. The monoisotopic (exact) mass is 412 g/mol. The highest BCUT2D eigenvalue weighted by Crippen LogP contribution is 2.20. The normalized spacial score (nSPS) is 10.7. The summed E-state index contributed by atoms with van der Waals surface area (Å²) in [6, 6.07) is 18.7. The molecule has 4 aromatic rings. The van der Waals surface area contributed by atoms with Crippen molar-refractivity contribution in [2.75, 3.05) is 10.6 Å². The standard InChI is InChI=1S/C24H24N6O/c1-15-5-7-19(8-6-15)24(31)26-21-11-9-20(10-12-21)25-22-13-14-23(28-27-22)30-18(4)16(2)17(3)29-30/h5-14H,1-4H3,(H,25,27)(H,26,31). The number of anilines is 3. The lowest BCUT2D eigenvalue weighted by molar-refractivity contribution is 0.102. The molecule has 0 radical (unpaired) electrons. The number of hydrogen-bond acceptors (Lipinski definition) is 5. The van der Waals surface area contributed by atoms with E-state index in [1.54, 1.807) is 4.68 Å². The maximum absolute atomic E-state index is 12.3. The maximum atomic E-state index is 12.3. The zero-order valence-electron chi connectivity index (χ0n) is 18.0. The Balaban J connectivity index is 1.41. The molecule has 2 heterocycles. The SMILES string of the molecule is Cc1ccc(C(=O)Nc2ccc(Nc3ccc(-n4nc(C)c(C)c4C)nn3)cc2)cc1. The minimum absolute atomic E-state index is 0.137. The lowest BCUT2D eigenvalue weighted by atomic mass is 10.1. The number of aryl methyl sites for hydroxylation is 2. The highest BCUT2D eigenvalue weighted by atomic mass is 16.1. The van der Waals surface area contributed by atoms with Crippen LogP contribution in [0, 0.1) is 27.7 Å². The number of nitrogens with one attached hydrogen (secondary N) is 2. The molecule has 0 aliphatic heterocycles. The molecule has 7 nitrogen and oxygen atoms in total. The van der Waals surface area contributed by atoms with Crippen LogP contribution in [0.1, 0.15) is 32.9 Å². The Morgan fingerprint density at radius 1 is 0.806 bits per heavy atom. The van der Waals surface area contributed by atoms with Crippen LogP contribution in [-0.4, -0.2) is 25.9 Å². The molecule has 156 valence electrons. The Labute approximate surface area is 181 Å². The molecule has 0 aliphatic carbocycles. The van der Waals surface area contributed by atoms with Gasteiger partial charge in [0.25, 0.3) is 5.91 Å². The summed E-state index contributed by atoms with van der Waals surface area (Å²) < 4.78 is 1.80. The zero-order chi connectivity index (χ0) is 22.0. The molecule has 0 spiro atoms. The molecule has 31 heavy (non-hydrogen) atoms. The van der Waals surface area contributed by atoms with Crippen LogP contribution in [0.4, 0.5) is 17.2 Å². The van der Waals surface area contributed by atoms with Crippen LogP contribution in [0.25, 0.3) is 5.82 Å². The van der Waals surface area contributed by atoms with Gasteiger partial charge in [-0.25, -0.2) is 4.68 Å². The van der Waals surface area contributed by atoms with E-state index in [0.717, 1.165) is 33.9 Å². The van der Waals surface area contributed by atoms with E-state index in [-0.39, 0.29) is 5.91 Å². The third-order valence-corrected chi connectivity index (χ3v) is 5.25. The molecule has 2 aromatic carbocycles. The van der Waals surface area contributed by atoms with Gasteiger partial charge >= 0.3 is 0 Å². The molecule has 0 atom stereocenters. The van der Waals surface area contributed by atoms with Crippen molar-refractivity contribution in [3.05, 3.63) is 88.7 Å². The lowest BCUT2D eigenvalue weighted by Gasteiger charge is -2.09. The van der Waals surface area contributed by atoms with Crippen molar-refractivity contribution in [2.24, 2.45) is 0 Å². The second kappa shape index (κ2) is 8.39. The van der Waals surface area contributed by atoms with E-state index >= 15 is 0 Å². The number of hydrogen-bond donors (Lipinski definition) is 2. The van der Waals surface area contributed by atoms with Crippen LogP contribution in [0.15, 0.2) is 60.7 Å². The summed E-state index contributed by atoms with van der Waals surface area (Å²) in [6.45, 7) is 8.04. The Morgan fingerprint density at radius 2 is 1.48 bits per heavy atom. The number of amides is 1. The molecule has 0 saturated heterocycles. The van der Waals surface area contributed by atoms with Gasteiger partial charge in [0.15, 0.2) is 11.6 Å². The first kappa shape index (κ1) is 20.3. The molecular weight excluding hydrogens is 388 g/mol. The number of aromatic nitrogens is 4. The van der Waals surface area contributed by atoms with E-state index < -0.39 is 0 Å². The van der Waals surface area contributed by atoms with Gasteiger partial charge in [0.2, 0.25) is 0 Å². The van der Waals surface area contributed by atoms with Gasteiger partial charge in [0.05, 0.1) is 5.69 Å². The van der Waals surface area contributed by atoms with Crippen LogP contribution in [0.5, 0.6) is 0 Å². The summed E-state index contributed by atoms with van der Waals surface area (Å²) in [5.74, 6) is 1.16. The van der Waals surface area contributed by atoms with Gasteiger partial charge in [0, 0.05) is 22.6 Å². The topological polar surface area (TPSA) is 84.7 Å². The average Bonchev–Trinajstić information content (AvgIpc) is 3.03. The van der Waals surface area contributed by atoms with Gasteiger partial charge in [-0.2, -0.15) is 5.10 Å². The Hall–Kier alpha value is -4.00. The fraction of sp³-hybridized carbons (Fsp3) is 0.167. The first-order chi connectivity index (χ1) is 14.9. The van der Waals surface area contributed by atoms with Crippen LogP contribution < -0.4 is 10.6 Å². The predicted octanol–water partition coefficient (Wildman–Crippen LogP) is 4.89. The second-order valence-electron chi connectivity index (χ2n) is 7.51. The largest absolute Gasteiger partial charge is 0.339 e. The third-order valence-electron chi connectivity index (χ3n) is 5.25. The number of carbonyl (C=O) groups is 1. The molecule has 4 rings (SSSR count). The van der Waals surface area contributed by atoms with Crippen molar-refractivity contribution in [2.45, 2.75) is 27.7 Å². The highest BCUT2D eigenvalue weighted by molar-refractivity contribution is 6.04. The Kier molecular flexibility index (Phi) is 5.49. The van der Waals surface area contributed by atoms with Gasteiger partial charge in [0.1, 0.15) is 0 Å². The zero-order valence-corrected chi connectivity index (χ0v) is 18.0. The maximum Gasteiger partial charge on any atom is 0.255 e. The number of benzene rings is 2. The molecule has 2 N–H and O–H groups in total. The van der Waals surface area contributed by atoms with E-state index in [1.165, 1.54) is 0 Å². The molecule has 0 fully saturated rings. The summed E-state index contributed by atoms with van der Waals surface area (Å²) >= 11 is 0. The summed E-state index contributed by atoms with van der Waals surface area (Å²) in [6.07, 6.45) is 0. The van der Waals surface area contributed by atoms with Crippen LogP contribution in [0.2, 0.25) is 0 Å². The molecule has 2 aromatic heterocycles. The van der Waals surface area contributed by atoms with Crippen LogP contribution in [0.3, 0.4) is 0 Å². The summed E-state index contributed by atoms with van der Waals surface area (Å²) in [4.78, 5) is 12.3. The third kappa shape index (κ3) is 4.45. The second-order valence-corrected chi connectivity index (χ2v) is 7.51. The van der Waals surface area contributed by atoms with Crippen LogP contribution in [-0.2, 0) is 0 Å². The quantitative estimate of drug-likeness (QED) is 0.487. The van der Waals surface area contributed by atoms with Gasteiger partial charge < -0.3 is 10.6 Å². The van der Waals surface area contributed by atoms with Crippen molar-refractivity contribution in [1.29, 1.82) is 0 Å². The predicted molar refractivity (Wildman–Crippen MR) is 122 cm³/mol. The molecule has 0 aliphatic rings. The minimum Gasteiger partial charge on any atom is -0.339 e. The van der Waals surface area contributed by atoms with Gasteiger partial charge in [-0.05, 0) is 81.8 Å². The molecule has 0 bridgehead atoms. The number of nitrogens with zero attached hydrogens (tertiary/aromatic N) is 4. The van der Waals surface area contributed by atoms with E-state index in [0.29, 0.717) is 17.2 Å². The van der Waals surface area contributed by atoms with E-state index in [4.69, 9.17) is 0 Å². The first-order valence-corrected chi connectivity index (χ1v) is 10.0. The van der Waals surface area contributed by atoms with Gasteiger partial charge in [-0.3, -0.25) is 4.79 Å². The fourth-order valence-electron chi connectivity index (χ4n) is 3.14. The molecule has 0 unspecified atom stereocenters. The van der Waals surface area contributed by atoms with Crippen LogP contribution >= 0.6 is 0 Å². The highest BCUT2D eigenvalue weighted by Gasteiger charge is 2.10. The number of rotatable bonds is 5. The van der Waals surface area contributed by atoms with E-state index in [9.17, 15) is 4.79 Å².